The Morgan fingerprint density at radius 3 is 2.42 bits per heavy atom. The topological polar surface area (TPSA) is 96.2 Å². The Kier molecular flexibility index (Phi) is 1.58. The third kappa shape index (κ3) is 0.862. The molecule has 0 aromatic rings. The molecule has 0 aliphatic carbocycles. The first-order chi connectivity index (χ1) is 5.61. The molecule has 2 rings (SSSR count). The molecule has 5 unspecified atom stereocenters. The molecule has 0 spiro atoms. The molecule has 2 saturated heterocycles. The first kappa shape index (κ1) is 7.93. The number of hydrogen-bond donors (Lipinski definition) is 3. The second-order valence-corrected chi connectivity index (χ2v) is 2.84. The Labute approximate surface area is 67.3 Å². The molecule has 0 saturated carbocycles. The van der Waals surface area contributed by atoms with Crippen molar-refractivity contribution in [3.8, 4) is 0 Å². The lowest BCUT2D eigenvalue weighted by molar-refractivity contribution is -0.195. The first-order valence-corrected chi connectivity index (χ1v) is 3.51. The molecule has 2 heterocycles. The zero-order valence-corrected chi connectivity index (χ0v) is 5.95. The summed E-state index contributed by atoms with van der Waals surface area (Å²) in [5.74, 6) is -1.70. The molecule has 68 valence electrons. The normalized spacial score (nSPS) is 52.2. The van der Waals surface area contributed by atoms with E-state index in [2.05, 4.69) is 9.47 Å². The Morgan fingerprint density at radius 1 is 1.17 bits per heavy atom. The summed E-state index contributed by atoms with van der Waals surface area (Å²) in [6, 6.07) is 0. The smallest absolute Gasteiger partial charge is 0.317 e. The van der Waals surface area contributed by atoms with Crippen molar-refractivity contribution in [1.29, 1.82) is 0 Å². The molecule has 0 bridgehead atoms. The van der Waals surface area contributed by atoms with Crippen molar-refractivity contribution in [1.82, 2.24) is 0 Å². The molecule has 0 radical (unpaired) electrons. The van der Waals surface area contributed by atoms with E-state index in [0.717, 1.165) is 0 Å². The van der Waals surface area contributed by atoms with Gasteiger partial charge in [0.25, 0.3) is 0 Å². The van der Waals surface area contributed by atoms with E-state index in [9.17, 15) is 4.79 Å². The van der Waals surface area contributed by atoms with Gasteiger partial charge in [0.2, 0.25) is 6.29 Å². The van der Waals surface area contributed by atoms with Gasteiger partial charge in [-0.15, -0.1) is 0 Å². The zero-order valence-electron chi connectivity index (χ0n) is 5.95. The quantitative estimate of drug-likeness (QED) is 0.355. The van der Waals surface area contributed by atoms with Crippen LogP contribution in [0.5, 0.6) is 0 Å². The summed E-state index contributed by atoms with van der Waals surface area (Å²) in [4.78, 5) is 10.9. The highest BCUT2D eigenvalue weighted by Crippen LogP contribution is 2.34. The van der Waals surface area contributed by atoms with Gasteiger partial charge < -0.3 is 24.8 Å². The minimum Gasteiger partial charge on any atom is -0.433 e. The van der Waals surface area contributed by atoms with Crippen LogP contribution in [0.2, 0.25) is 0 Å². The van der Waals surface area contributed by atoms with Gasteiger partial charge in [0, 0.05) is 0 Å². The fraction of sp³-hybridized carbons (Fsp3) is 0.833. The number of esters is 1. The molecule has 0 aromatic heterocycles. The van der Waals surface area contributed by atoms with Gasteiger partial charge in [-0.2, -0.15) is 0 Å². The van der Waals surface area contributed by atoms with Crippen LogP contribution in [-0.4, -0.2) is 46.1 Å². The summed E-state index contributed by atoms with van der Waals surface area (Å²) in [7, 11) is 0. The van der Waals surface area contributed by atoms with Crippen molar-refractivity contribution in [2.24, 2.45) is 5.92 Å². The molecule has 2 fully saturated rings. The third-order valence-electron chi connectivity index (χ3n) is 2.10. The summed E-state index contributed by atoms with van der Waals surface area (Å²) >= 11 is 0. The number of hydrogen-bond acceptors (Lipinski definition) is 6. The predicted molar refractivity (Wildman–Crippen MR) is 32.5 cm³/mol. The Hall–Kier alpha value is -0.690. The van der Waals surface area contributed by atoms with E-state index in [1.807, 2.05) is 0 Å². The molecule has 5 atom stereocenters. The van der Waals surface area contributed by atoms with E-state index < -0.39 is 36.7 Å². The van der Waals surface area contributed by atoms with Crippen molar-refractivity contribution in [2.45, 2.75) is 24.8 Å². The number of fused-ring (bicyclic) bond motifs is 1. The van der Waals surface area contributed by atoms with Gasteiger partial charge in [0.1, 0.15) is 18.1 Å². The fourth-order valence-electron chi connectivity index (χ4n) is 1.48. The molecular formula is C6H8O6. The number of aliphatic hydroxyl groups excluding tert-OH is 3. The zero-order chi connectivity index (χ0) is 8.88. The van der Waals surface area contributed by atoms with Crippen molar-refractivity contribution >= 4 is 5.97 Å². The largest absolute Gasteiger partial charge is 0.433 e. The number of aliphatic hydroxyl groups is 3. The van der Waals surface area contributed by atoms with Crippen LogP contribution in [-0.2, 0) is 14.3 Å². The lowest BCUT2D eigenvalue weighted by Crippen LogP contribution is -2.30. The van der Waals surface area contributed by atoms with E-state index in [0.29, 0.717) is 0 Å². The maximum Gasteiger partial charge on any atom is 0.317 e. The molecule has 3 N–H and O–H groups in total. The van der Waals surface area contributed by atoms with E-state index in [-0.39, 0.29) is 0 Å². The van der Waals surface area contributed by atoms with Crippen molar-refractivity contribution < 1.29 is 29.6 Å². The number of carbonyl (C=O) groups excluding carboxylic acids is 1. The molecule has 2 aliphatic heterocycles. The number of carbonyl (C=O) groups is 1. The summed E-state index contributed by atoms with van der Waals surface area (Å²) in [5.41, 5.74) is 0. The Bertz CT molecular complexity index is 216. The van der Waals surface area contributed by atoms with Crippen LogP contribution in [0.4, 0.5) is 0 Å². The van der Waals surface area contributed by atoms with E-state index in [1.165, 1.54) is 0 Å². The predicted octanol–water partition coefficient (Wildman–Crippen LogP) is -2.44. The van der Waals surface area contributed by atoms with Crippen molar-refractivity contribution in [2.75, 3.05) is 0 Å². The van der Waals surface area contributed by atoms with Gasteiger partial charge in [-0.1, -0.05) is 0 Å². The van der Waals surface area contributed by atoms with Crippen LogP contribution in [0.25, 0.3) is 0 Å². The standard InChI is InChI=1S/C6H8O6/c7-2-1-3(11-5(2)9)6(10)12-4(1)8/h1-3,5-7,9-10H. The SMILES string of the molecule is O=C1OC(O)C2OC(O)C(O)C12. The van der Waals surface area contributed by atoms with Gasteiger partial charge >= 0.3 is 5.97 Å². The molecule has 12 heavy (non-hydrogen) atoms. The Morgan fingerprint density at radius 2 is 1.83 bits per heavy atom. The summed E-state index contributed by atoms with van der Waals surface area (Å²) in [6.07, 6.45) is -5.04. The molecular weight excluding hydrogens is 168 g/mol. The lowest BCUT2D eigenvalue weighted by atomic mass is 10.0. The highest BCUT2D eigenvalue weighted by Gasteiger charge is 2.56. The second kappa shape index (κ2) is 2.40. The number of cyclic esters (lactones) is 1. The van der Waals surface area contributed by atoms with Crippen LogP contribution in [0.15, 0.2) is 0 Å². The lowest BCUT2D eigenvalue weighted by Gasteiger charge is -2.11. The molecule has 0 aromatic carbocycles. The summed E-state index contributed by atoms with van der Waals surface area (Å²) < 4.78 is 9.06. The van der Waals surface area contributed by atoms with Gasteiger partial charge in [0.15, 0.2) is 6.29 Å². The van der Waals surface area contributed by atoms with Crippen LogP contribution >= 0.6 is 0 Å². The Balaban J connectivity index is 2.23. The maximum absolute atomic E-state index is 10.9. The monoisotopic (exact) mass is 176 g/mol. The van der Waals surface area contributed by atoms with E-state index >= 15 is 0 Å². The highest BCUT2D eigenvalue weighted by atomic mass is 16.7. The van der Waals surface area contributed by atoms with Crippen molar-refractivity contribution in [3.63, 3.8) is 0 Å². The molecule has 0 amide bonds. The van der Waals surface area contributed by atoms with Crippen LogP contribution in [0, 0.1) is 5.92 Å². The molecule has 6 heteroatoms. The molecule has 6 nitrogen and oxygen atoms in total. The summed E-state index contributed by atoms with van der Waals surface area (Å²) in [6.45, 7) is 0. The fourth-order valence-corrected chi connectivity index (χ4v) is 1.48. The van der Waals surface area contributed by atoms with Crippen LogP contribution in [0.1, 0.15) is 0 Å². The van der Waals surface area contributed by atoms with E-state index in [1.54, 1.807) is 0 Å². The van der Waals surface area contributed by atoms with Crippen LogP contribution in [0.3, 0.4) is 0 Å². The second-order valence-electron chi connectivity index (χ2n) is 2.84. The van der Waals surface area contributed by atoms with Gasteiger partial charge in [-0.25, -0.2) is 0 Å². The van der Waals surface area contributed by atoms with Gasteiger partial charge in [0.05, 0.1) is 0 Å². The van der Waals surface area contributed by atoms with Gasteiger partial charge in [-0.05, 0) is 0 Å². The van der Waals surface area contributed by atoms with E-state index in [4.69, 9.17) is 15.3 Å². The average molecular weight is 176 g/mol. The molecule has 2 aliphatic rings. The van der Waals surface area contributed by atoms with Crippen LogP contribution < -0.4 is 0 Å². The van der Waals surface area contributed by atoms with Gasteiger partial charge in [-0.3, -0.25) is 4.79 Å². The number of ether oxygens (including phenoxy) is 2. The highest BCUT2D eigenvalue weighted by molar-refractivity contribution is 5.76. The number of rotatable bonds is 0. The van der Waals surface area contributed by atoms with Crippen molar-refractivity contribution in [3.05, 3.63) is 0 Å². The summed E-state index contributed by atoms with van der Waals surface area (Å²) in [5, 5.41) is 27.1. The third-order valence-corrected chi connectivity index (χ3v) is 2.10. The average Bonchev–Trinajstić information content (AvgIpc) is 2.41. The first-order valence-electron chi connectivity index (χ1n) is 3.51. The minimum absolute atomic E-state index is 0.739. The maximum atomic E-state index is 10.9. The minimum atomic E-state index is -1.41.